The Morgan fingerprint density at radius 2 is 1.86 bits per heavy atom. The van der Waals surface area contributed by atoms with E-state index in [9.17, 15) is 4.57 Å². The zero-order valence-corrected chi connectivity index (χ0v) is 3.92. The van der Waals surface area contributed by atoms with Crippen LogP contribution in [0.2, 0.25) is 0 Å². The smallest absolute Gasteiger partial charge is 0.318 e. The van der Waals surface area contributed by atoms with Gasteiger partial charge in [0.25, 0.3) is 0 Å². The van der Waals surface area contributed by atoms with Gasteiger partial charge in [-0.2, -0.15) is 0 Å². The zero-order chi connectivity index (χ0) is 5.12. The summed E-state index contributed by atoms with van der Waals surface area (Å²) in [4.78, 5) is 0. The van der Waals surface area contributed by atoms with E-state index in [1.165, 1.54) is 0 Å². The molecule has 3 fully saturated rings. The fraction of sp³-hybridized carbons (Fsp3) is 1.00. The van der Waals surface area contributed by atoms with Gasteiger partial charge in [-0.05, 0) is 0 Å². The van der Waals surface area contributed by atoms with Crippen molar-refractivity contribution in [1.82, 2.24) is 0 Å². The molecule has 7 heavy (non-hydrogen) atoms. The van der Waals surface area contributed by atoms with Gasteiger partial charge in [-0.3, -0.25) is 0 Å². The molecule has 3 heterocycles. The van der Waals surface area contributed by atoms with Crippen molar-refractivity contribution >= 4 is 7.82 Å². The molecule has 3 rings (SSSR count). The van der Waals surface area contributed by atoms with Crippen molar-refractivity contribution in [3.05, 3.63) is 0 Å². The Labute approximate surface area is 38.4 Å². The first-order valence-corrected chi connectivity index (χ1v) is 3.03. The minimum atomic E-state index is -3.14. The number of rotatable bonds is 0. The van der Waals surface area contributed by atoms with Crippen molar-refractivity contribution in [2.45, 2.75) is 6.16 Å². The third-order valence-corrected chi connectivity index (χ3v) is 2.04. The normalized spacial score (nSPS) is 65.9. The van der Waals surface area contributed by atoms with E-state index >= 15 is 0 Å². The van der Waals surface area contributed by atoms with Gasteiger partial charge in [-0.1, -0.05) is 0 Å². The van der Waals surface area contributed by atoms with E-state index in [-0.39, 0.29) is 0 Å². The molecule has 0 spiro atoms. The predicted molar refractivity (Wildman–Crippen MR) is 15.8 cm³/mol. The van der Waals surface area contributed by atoms with Crippen LogP contribution in [0.15, 0.2) is 0 Å². The standard InChI is InChI=1S/CHO5P/c2-1-4-7(3,5-1)6-1/h2H. The Balaban J connectivity index is 2.31. The van der Waals surface area contributed by atoms with Gasteiger partial charge in [0.05, 0.1) is 0 Å². The van der Waals surface area contributed by atoms with Crippen molar-refractivity contribution < 1.29 is 23.2 Å². The van der Waals surface area contributed by atoms with Crippen LogP contribution in [0.1, 0.15) is 0 Å². The molecule has 0 aromatic carbocycles. The van der Waals surface area contributed by atoms with Crippen LogP contribution in [0, 0.1) is 0 Å². The number of phosphoric acid groups is 1. The molecule has 0 unspecified atom stereocenters. The summed E-state index contributed by atoms with van der Waals surface area (Å²) in [6.07, 6.45) is -1.93. The van der Waals surface area contributed by atoms with Crippen LogP contribution in [0.25, 0.3) is 0 Å². The van der Waals surface area contributed by atoms with Gasteiger partial charge in [0.15, 0.2) is 0 Å². The van der Waals surface area contributed by atoms with E-state index < -0.39 is 14.0 Å². The molecule has 0 saturated carbocycles. The van der Waals surface area contributed by atoms with Crippen LogP contribution in [-0.2, 0) is 18.1 Å². The third kappa shape index (κ3) is 0.308. The number of hydrogen-bond donors (Lipinski definition) is 1. The van der Waals surface area contributed by atoms with Gasteiger partial charge in [0.1, 0.15) is 0 Å². The summed E-state index contributed by atoms with van der Waals surface area (Å²) < 4.78 is 22.3. The highest BCUT2D eigenvalue weighted by Crippen LogP contribution is 2.78. The second-order valence-electron chi connectivity index (χ2n) is 1.24. The average Bonchev–Trinajstić information content (AvgIpc) is 1.27. The lowest BCUT2D eigenvalue weighted by Crippen LogP contribution is -2.56. The summed E-state index contributed by atoms with van der Waals surface area (Å²) in [6.45, 7) is 0. The number of phosphoric ester groups is 1. The van der Waals surface area contributed by atoms with Crippen LogP contribution in [0.3, 0.4) is 0 Å². The molecule has 6 heteroatoms. The fourth-order valence-electron chi connectivity index (χ4n) is 0.444. The van der Waals surface area contributed by atoms with E-state index in [4.69, 9.17) is 5.11 Å². The SMILES string of the molecule is O=P12OC(O)(O1)O2. The Bertz CT molecular complexity index is 135. The molecule has 3 saturated heterocycles. The highest BCUT2D eigenvalue weighted by molar-refractivity contribution is 7.51. The average molecular weight is 124 g/mol. The molecule has 0 amide bonds. The maximum atomic E-state index is 10.1. The molecule has 0 aromatic rings. The van der Waals surface area contributed by atoms with Crippen LogP contribution in [0.4, 0.5) is 0 Å². The maximum absolute atomic E-state index is 10.1. The summed E-state index contributed by atoms with van der Waals surface area (Å²) in [5.74, 6) is 0. The first-order valence-electron chi connectivity index (χ1n) is 1.57. The lowest BCUT2D eigenvalue weighted by molar-refractivity contribution is -0.528. The van der Waals surface area contributed by atoms with Crippen LogP contribution in [0.5, 0.6) is 0 Å². The Morgan fingerprint density at radius 3 is 1.86 bits per heavy atom. The van der Waals surface area contributed by atoms with Gasteiger partial charge in [0.2, 0.25) is 0 Å². The summed E-state index contributed by atoms with van der Waals surface area (Å²) in [6, 6.07) is 0. The molecule has 3 aliphatic rings. The molecule has 0 aliphatic carbocycles. The fourth-order valence-corrected chi connectivity index (χ4v) is 1.33. The summed E-state index contributed by atoms with van der Waals surface area (Å²) in [5, 5.41) is 8.31. The topological polar surface area (TPSA) is 65.0 Å². The highest BCUT2D eigenvalue weighted by atomic mass is 31.2. The van der Waals surface area contributed by atoms with Crippen molar-refractivity contribution in [2.75, 3.05) is 0 Å². The lowest BCUT2D eigenvalue weighted by atomic mass is 11.2. The third-order valence-electron chi connectivity index (χ3n) is 0.681. The van der Waals surface area contributed by atoms with E-state index in [0.717, 1.165) is 0 Å². The minimum absolute atomic E-state index is 1.93. The number of aliphatic hydroxyl groups is 1. The summed E-state index contributed by atoms with van der Waals surface area (Å²) >= 11 is 0. The van der Waals surface area contributed by atoms with Crippen molar-refractivity contribution in [3.63, 3.8) is 0 Å². The molecule has 3 aliphatic heterocycles. The molecule has 0 radical (unpaired) electrons. The van der Waals surface area contributed by atoms with Crippen LogP contribution in [-0.4, -0.2) is 11.3 Å². The Kier molecular flexibility index (Phi) is 0.393. The van der Waals surface area contributed by atoms with E-state index in [0.29, 0.717) is 0 Å². The monoisotopic (exact) mass is 124 g/mol. The zero-order valence-electron chi connectivity index (χ0n) is 3.03. The minimum Gasteiger partial charge on any atom is -0.318 e. The molecular weight excluding hydrogens is 123 g/mol. The Hall–Kier alpha value is 0.0700. The predicted octanol–water partition coefficient (Wildman–Crippen LogP) is -0.225. The second-order valence-corrected chi connectivity index (χ2v) is 2.69. The molecular formula is CHO5P. The maximum Gasteiger partial charge on any atom is 0.493 e. The van der Waals surface area contributed by atoms with E-state index in [2.05, 4.69) is 13.6 Å². The molecule has 0 aromatic heterocycles. The van der Waals surface area contributed by atoms with Gasteiger partial charge >= 0.3 is 14.0 Å². The second kappa shape index (κ2) is 0.687. The van der Waals surface area contributed by atoms with Crippen molar-refractivity contribution in [1.29, 1.82) is 0 Å². The van der Waals surface area contributed by atoms with Crippen molar-refractivity contribution in [3.8, 4) is 0 Å². The molecule has 5 nitrogen and oxygen atoms in total. The summed E-state index contributed by atoms with van der Waals surface area (Å²) in [7, 11) is -3.14. The van der Waals surface area contributed by atoms with E-state index in [1.54, 1.807) is 0 Å². The van der Waals surface area contributed by atoms with Crippen molar-refractivity contribution in [2.24, 2.45) is 0 Å². The van der Waals surface area contributed by atoms with Crippen LogP contribution >= 0.6 is 7.82 Å². The van der Waals surface area contributed by atoms with E-state index in [1.807, 2.05) is 0 Å². The molecule has 2 bridgehead atoms. The van der Waals surface area contributed by atoms with Gasteiger partial charge in [0, 0.05) is 0 Å². The number of hydrogen-bond acceptors (Lipinski definition) is 5. The quantitative estimate of drug-likeness (QED) is 0.452. The van der Waals surface area contributed by atoms with Gasteiger partial charge < -0.3 is 5.11 Å². The van der Waals surface area contributed by atoms with Gasteiger partial charge in [-0.25, -0.2) is 18.1 Å². The van der Waals surface area contributed by atoms with Crippen LogP contribution < -0.4 is 0 Å². The van der Waals surface area contributed by atoms with Gasteiger partial charge in [-0.15, -0.1) is 0 Å². The lowest BCUT2D eigenvalue weighted by Gasteiger charge is -2.49. The summed E-state index contributed by atoms with van der Waals surface area (Å²) in [5.41, 5.74) is 0. The highest BCUT2D eigenvalue weighted by Gasteiger charge is 2.75. The molecule has 40 valence electrons. The molecule has 1 N–H and O–H groups in total. The molecule has 0 atom stereocenters. The Morgan fingerprint density at radius 1 is 1.43 bits per heavy atom. The largest absolute Gasteiger partial charge is 0.493 e. The first kappa shape index (κ1) is 4.00. The first-order chi connectivity index (χ1) is 3.12.